The maximum absolute atomic E-state index is 13.7. The Morgan fingerprint density at radius 2 is 2.06 bits per heavy atom. The van der Waals surface area contributed by atoms with Crippen LogP contribution in [0.15, 0.2) is 18.2 Å². The van der Waals surface area contributed by atoms with Crippen LogP contribution in [-0.4, -0.2) is 29.5 Å². The fourth-order valence-corrected chi connectivity index (χ4v) is 2.82. The summed E-state index contributed by atoms with van der Waals surface area (Å²) in [7, 11) is 0. The Morgan fingerprint density at radius 3 is 2.69 bits per heavy atom. The summed E-state index contributed by atoms with van der Waals surface area (Å²) < 4.78 is 13.7. The lowest BCUT2D eigenvalue weighted by Crippen LogP contribution is -2.32. The van der Waals surface area contributed by atoms with Gasteiger partial charge < -0.3 is 5.73 Å². The van der Waals surface area contributed by atoms with E-state index in [2.05, 4.69) is 4.90 Å². The van der Waals surface area contributed by atoms with E-state index in [1.807, 2.05) is 23.9 Å². The van der Waals surface area contributed by atoms with E-state index in [9.17, 15) is 4.39 Å². The Bertz CT molecular complexity index is 351. The van der Waals surface area contributed by atoms with Crippen LogP contribution in [0.4, 0.5) is 4.39 Å². The third kappa shape index (κ3) is 2.97. The SMILES string of the molecule is NCc1ccc(CN2CCSCC2)c(F)c1. The van der Waals surface area contributed by atoms with E-state index < -0.39 is 0 Å². The van der Waals surface area contributed by atoms with Crippen molar-refractivity contribution in [2.45, 2.75) is 13.1 Å². The van der Waals surface area contributed by atoms with Gasteiger partial charge in [-0.15, -0.1) is 0 Å². The maximum atomic E-state index is 13.7. The minimum atomic E-state index is -0.124. The summed E-state index contributed by atoms with van der Waals surface area (Å²) >= 11 is 1.97. The van der Waals surface area contributed by atoms with E-state index in [4.69, 9.17) is 5.73 Å². The summed E-state index contributed by atoms with van der Waals surface area (Å²) in [5.41, 5.74) is 7.11. The normalized spacial score (nSPS) is 17.6. The van der Waals surface area contributed by atoms with Crippen molar-refractivity contribution in [2.75, 3.05) is 24.6 Å². The van der Waals surface area contributed by atoms with Gasteiger partial charge in [0, 0.05) is 43.2 Å². The van der Waals surface area contributed by atoms with Crippen LogP contribution in [0.5, 0.6) is 0 Å². The molecule has 0 unspecified atom stereocenters. The molecule has 1 aromatic carbocycles. The van der Waals surface area contributed by atoms with E-state index in [1.54, 1.807) is 6.07 Å². The molecule has 0 aromatic heterocycles. The minimum absolute atomic E-state index is 0.124. The zero-order valence-corrected chi connectivity index (χ0v) is 10.1. The fraction of sp³-hybridized carbons (Fsp3) is 0.500. The lowest BCUT2D eigenvalue weighted by molar-refractivity contribution is 0.290. The third-order valence-corrected chi connectivity index (χ3v) is 3.79. The van der Waals surface area contributed by atoms with Gasteiger partial charge in [-0.1, -0.05) is 12.1 Å². The quantitative estimate of drug-likeness (QED) is 0.874. The number of nitrogens with two attached hydrogens (primary N) is 1. The molecule has 1 saturated heterocycles. The average molecular weight is 240 g/mol. The number of thioether (sulfide) groups is 1. The molecular weight excluding hydrogens is 223 g/mol. The highest BCUT2D eigenvalue weighted by Crippen LogP contribution is 2.16. The Labute approximate surface area is 100 Å². The van der Waals surface area contributed by atoms with E-state index in [-0.39, 0.29) is 5.82 Å². The smallest absolute Gasteiger partial charge is 0.128 e. The largest absolute Gasteiger partial charge is 0.326 e. The standard InChI is InChI=1S/C12H17FN2S/c13-12-7-10(8-14)1-2-11(12)9-15-3-5-16-6-4-15/h1-2,7H,3-6,8-9,14H2. The zero-order chi connectivity index (χ0) is 11.4. The Balaban J connectivity index is 2.03. The Morgan fingerprint density at radius 1 is 1.31 bits per heavy atom. The lowest BCUT2D eigenvalue weighted by atomic mass is 10.1. The van der Waals surface area contributed by atoms with Gasteiger partial charge in [0.25, 0.3) is 0 Å². The van der Waals surface area contributed by atoms with Gasteiger partial charge in [-0.3, -0.25) is 4.90 Å². The van der Waals surface area contributed by atoms with Crippen LogP contribution >= 0.6 is 11.8 Å². The van der Waals surface area contributed by atoms with E-state index in [1.165, 1.54) is 0 Å². The summed E-state index contributed by atoms with van der Waals surface area (Å²) in [5, 5.41) is 0. The predicted molar refractivity (Wildman–Crippen MR) is 66.9 cm³/mol. The molecule has 88 valence electrons. The maximum Gasteiger partial charge on any atom is 0.128 e. The van der Waals surface area contributed by atoms with Crippen LogP contribution < -0.4 is 5.73 Å². The second-order valence-corrected chi connectivity index (χ2v) is 5.24. The van der Waals surface area contributed by atoms with Crippen molar-refractivity contribution in [3.05, 3.63) is 35.1 Å². The van der Waals surface area contributed by atoms with Gasteiger partial charge >= 0.3 is 0 Å². The topological polar surface area (TPSA) is 29.3 Å². The summed E-state index contributed by atoms with van der Waals surface area (Å²) in [5.74, 6) is 2.19. The molecular formula is C12H17FN2S. The van der Waals surface area contributed by atoms with Crippen LogP contribution in [0, 0.1) is 5.82 Å². The number of benzene rings is 1. The van der Waals surface area contributed by atoms with Gasteiger partial charge in [-0.05, 0) is 11.6 Å². The molecule has 2 nitrogen and oxygen atoms in total. The Hall–Kier alpha value is -0.580. The highest BCUT2D eigenvalue weighted by atomic mass is 32.2. The van der Waals surface area contributed by atoms with Crippen LogP contribution in [0.2, 0.25) is 0 Å². The van der Waals surface area contributed by atoms with Crippen molar-refractivity contribution < 1.29 is 4.39 Å². The highest BCUT2D eigenvalue weighted by molar-refractivity contribution is 7.99. The first-order valence-corrected chi connectivity index (χ1v) is 6.72. The number of hydrogen-bond acceptors (Lipinski definition) is 3. The van der Waals surface area contributed by atoms with Crippen LogP contribution in [-0.2, 0) is 13.1 Å². The van der Waals surface area contributed by atoms with Crippen LogP contribution in [0.1, 0.15) is 11.1 Å². The first-order valence-electron chi connectivity index (χ1n) is 5.57. The molecule has 1 aromatic rings. The van der Waals surface area contributed by atoms with Crippen molar-refractivity contribution in [2.24, 2.45) is 5.73 Å². The molecule has 0 saturated carbocycles. The molecule has 0 spiro atoms. The molecule has 1 aliphatic rings. The van der Waals surface area contributed by atoms with Gasteiger partial charge in [-0.2, -0.15) is 11.8 Å². The second-order valence-electron chi connectivity index (χ2n) is 4.02. The number of rotatable bonds is 3. The molecule has 0 bridgehead atoms. The van der Waals surface area contributed by atoms with Crippen molar-refractivity contribution in [3.63, 3.8) is 0 Å². The van der Waals surface area contributed by atoms with Gasteiger partial charge in [0.05, 0.1) is 0 Å². The molecule has 4 heteroatoms. The van der Waals surface area contributed by atoms with Crippen molar-refractivity contribution in [1.29, 1.82) is 0 Å². The lowest BCUT2D eigenvalue weighted by Gasteiger charge is -2.26. The molecule has 1 aliphatic heterocycles. The second kappa shape index (κ2) is 5.66. The first kappa shape index (κ1) is 11.9. The highest BCUT2D eigenvalue weighted by Gasteiger charge is 2.12. The number of hydrogen-bond donors (Lipinski definition) is 1. The number of nitrogens with zero attached hydrogens (tertiary/aromatic N) is 1. The summed E-state index contributed by atoms with van der Waals surface area (Å²) in [6.07, 6.45) is 0. The van der Waals surface area contributed by atoms with Crippen molar-refractivity contribution in [1.82, 2.24) is 4.90 Å². The summed E-state index contributed by atoms with van der Waals surface area (Å²) in [6, 6.07) is 5.32. The van der Waals surface area contributed by atoms with Gasteiger partial charge in [-0.25, -0.2) is 4.39 Å². The number of halogens is 1. The van der Waals surface area contributed by atoms with Crippen LogP contribution in [0.25, 0.3) is 0 Å². The van der Waals surface area contributed by atoms with E-state index in [0.29, 0.717) is 6.54 Å². The molecule has 2 rings (SSSR count). The summed E-state index contributed by atoms with van der Waals surface area (Å²) in [4.78, 5) is 2.30. The first-order chi connectivity index (χ1) is 7.79. The average Bonchev–Trinajstić information content (AvgIpc) is 2.33. The predicted octanol–water partition coefficient (Wildman–Crippen LogP) is 1.83. The van der Waals surface area contributed by atoms with E-state index in [0.717, 1.165) is 42.3 Å². The molecule has 0 radical (unpaired) electrons. The van der Waals surface area contributed by atoms with Gasteiger partial charge in [0.1, 0.15) is 5.82 Å². The van der Waals surface area contributed by atoms with Crippen molar-refractivity contribution in [3.8, 4) is 0 Å². The van der Waals surface area contributed by atoms with Crippen molar-refractivity contribution >= 4 is 11.8 Å². The minimum Gasteiger partial charge on any atom is -0.326 e. The van der Waals surface area contributed by atoms with Crippen LogP contribution in [0.3, 0.4) is 0 Å². The molecule has 0 atom stereocenters. The van der Waals surface area contributed by atoms with Gasteiger partial charge in [0.2, 0.25) is 0 Å². The fourth-order valence-electron chi connectivity index (χ4n) is 1.85. The van der Waals surface area contributed by atoms with Gasteiger partial charge in [0.15, 0.2) is 0 Å². The third-order valence-electron chi connectivity index (χ3n) is 2.85. The molecule has 1 fully saturated rings. The van der Waals surface area contributed by atoms with E-state index >= 15 is 0 Å². The zero-order valence-electron chi connectivity index (χ0n) is 9.29. The monoisotopic (exact) mass is 240 g/mol. The Kier molecular flexibility index (Phi) is 4.21. The molecule has 1 heterocycles. The summed E-state index contributed by atoms with van der Waals surface area (Å²) in [6.45, 7) is 3.24. The molecule has 2 N–H and O–H groups in total. The molecule has 16 heavy (non-hydrogen) atoms. The molecule has 0 amide bonds. The molecule has 0 aliphatic carbocycles.